The van der Waals surface area contributed by atoms with Gasteiger partial charge in [-0.2, -0.15) is 0 Å². The van der Waals surface area contributed by atoms with E-state index in [2.05, 4.69) is 0 Å². The van der Waals surface area contributed by atoms with E-state index >= 15 is 0 Å². The maximum Gasteiger partial charge on any atom is 0.170 e. The third-order valence-electron chi connectivity index (χ3n) is 5.50. The SMILES string of the molecule is Fc1cc(F)c(F)c(-c2c(F)c(F)c(-c3c(F)c(F)c(-c4c(F)c(F)cc(F)c4F)c(F)c3F)c(F)c2F)c1F. The Morgan fingerprint density at radius 3 is 0.475 bits per heavy atom. The molecule has 0 saturated carbocycles. The van der Waals surface area contributed by atoms with Crippen LogP contribution in [0, 0.1) is 93.1 Å². The van der Waals surface area contributed by atoms with Crippen molar-refractivity contribution in [2.24, 2.45) is 0 Å². The largest absolute Gasteiger partial charge is 0.204 e. The van der Waals surface area contributed by atoms with E-state index in [-0.39, 0.29) is 0 Å². The van der Waals surface area contributed by atoms with Crippen LogP contribution in [0.3, 0.4) is 0 Å². The highest BCUT2D eigenvalue weighted by molar-refractivity contribution is 5.77. The molecule has 4 rings (SSSR count). The zero-order valence-corrected chi connectivity index (χ0v) is 18.2. The molecule has 0 atom stereocenters. The van der Waals surface area contributed by atoms with Gasteiger partial charge in [-0.25, -0.2) is 70.2 Å². The summed E-state index contributed by atoms with van der Waals surface area (Å²) in [5, 5.41) is 0. The third-order valence-corrected chi connectivity index (χ3v) is 5.50. The van der Waals surface area contributed by atoms with Crippen molar-refractivity contribution >= 4 is 0 Å². The maximum atomic E-state index is 14.8. The molecule has 4 aromatic rings. The second-order valence-corrected chi connectivity index (χ2v) is 7.70. The van der Waals surface area contributed by atoms with Crippen LogP contribution in [-0.4, -0.2) is 0 Å². The van der Waals surface area contributed by atoms with Gasteiger partial charge in [-0.15, -0.1) is 0 Å². The van der Waals surface area contributed by atoms with Crippen LogP contribution in [0.4, 0.5) is 70.2 Å². The number of benzene rings is 4. The molecule has 16 heteroatoms. The van der Waals surface area contributed by atoms with E-state index in [1.54, 1.807) is 0 Å². The topological polar surface area (TPSA) is 0 Å². The van der Waals surface area contributed by atoms with Gasteiger partial charge in [-0.1, -0.05) is 0 Å². The zero-order chi connectivity index (χ0) is 30.1. The van der Waals surface area contributed by atoms with Gasteiger partial charge in [-0.3, -0.25) is 0 Å². The average molecular weight is 594 g/mol. The van der Waals surface area contributed by atoms with E-state index in [9.17, 15) is 70.2 Å². The Morgan fingerprint density at radius 1 is 0.200 bits per heavy atom. The summed E-state index contributed by atoms with van der Waals surface area (Å²) in [6, 6.07) is -0.919. The van der Waals surface area contributed by atoms with E-state index in [4.69, 9.17) is 0 Å². The standard InChI is InChI=1S/C24H2F16/c25-3-1-4(26)14(30)7(13(3)29)9-17(33)21(37)11(22(38)18(9)34)12-23(39)19(35)10(20(36)24(12)40)8-15(31)5(27)2-6(28)16(8)32/h1-2H. The molecule has 0 fully saturated rings. The Hall–Kier alpha value is -4.24. The van der Waals surface area contributed by atoms with Crippen molar-refractivity contribution in [3.8, 4) is 33.4 Å². The van der Waals surface area contributed by atoms with E-state index in [0.29, 0.717) is 0 Å². The molecule has 0 bridgehead atoms. The fraction of sp³-hybridized carbons (Fsp3) is 0. The molecule has 40 heavy (non-hydrogen) atoms. The fourth-order valence-corrected chi connectivity index (χ4v) is 3.73. The minimum Gasteiger partial charge on any atom is -0.204 e. The summed E-state index contributed by atoms with van der Waals surface area (Å²) >= 11 is 0. The number of hydrogen-bond donors (Lipinski definition) is 0. The molecular weight excluding hydrogens is 592 g/mol. The third kappa shape index (κ3) is 3.95. The smallest absolute Gasteiger partial charge is 0.170 e. The average Bonchev–Trinajstić information content (AvgIpc) is 2.89. The first-order valence-corrected chi connectivity index (χ1v) is 9.93. The first-order chi connectivity index (χ1) is 18.5. The predicted octanol–water partition coefficient (Wildman–Crippen LogP) is 8.91. The van der Waals surface area contributed by atoms with Crippen LogP contribution in [0.5, 0.6) is 0 Å². The molecule has 0 N–H and O–H groups in total. The monoisotopic (exact) mass is 594 g/mol. The minimum atomic E-state index is -3.03. The van der Waals surface area contributed by atoms with Crippen molar-refractivity contribution in [3.63, 3.8) is 0 Å². The summed E-state index contributed by atoms with van der Waals surface area (Å²) in [6.07, 6.45) is 0. The Bertz CT molecular complexity index is 1520. The van der Waals surface area contributed by atoms with Gasteiger partial charge in [0.25, 0.3) is 0 Å². The van der Waals surface area contributed by atoms with Gasteiger partial charge in [-0.05, 0) is 0 Å². The minimum absolute atomic E-state index is 0.459. The maximum absolute atomic E-state index is 14.8. The van der Waals surface area contributed by atoms with Crippen LogP contribution < -0.4 is 0 Å². The van der Waals surface area contributed by atoms with Gasteiger partial charge in [0.05, 0.1) is 33.4 Å². The molecule has 0 heterocycles. The zero-order valence-electron chi connectivity index (χ0n) is 18.2. The Morgan fingerprint density at radius 2 is 0.325 bits per heavy atom. The van der Waals surface area contributed by atoms with Crippen LogP contribution in [0.25, 0.3) is 33.4 Å². The number of rotatable bonds is 3. The lowest BCUT2D eigenvalue weighted by Gasteiger charge is -2.17. The summed E-state index contributed by atoms with van der Waals surface area (Å²) < 4.78 is 228. The van der Waals surface area contributed by atoms with Gasteiger partial charge < -0.3 is 0 Å². The van der Waals surface area contributed by atoms with E-state index < -0.39 is 139 Å². The molecule has 0 nitrogen and oxygen atoms in total. The normalized spacial score (nSPS) is 11.5. The summed E-state index contributed by atoms with van der Waals surface area (Å²) in [5.74, 6) is -43.7. The number of hydrogen-bond acceptors (Lipinski definition) is 0. The van der Waals surface area contributed by atoms with Crippen LogP contribution in [0.1, 0.15) is 0 Å². The van der Waals surface area contributed by atoms with Crippen molar-refractivity contribution < 1.29 is 70.2 Å². The second-order valence-electron chi connectivity index (χ2n) is 7.70. The molecule has 0 aliphatic rings. The molecule has 0 aliphatic heterocycles. The lowest BCUT2D eigenvalue weighted by molar-refractivity contribution is 0.434. The van der Waals surface area contributed by atoms with Gasteiger partial charge >= 0.3 is 0 Å². The van der Waals surface area contributed by atoms with Gasteiger partial charge in [0.2, 0.25) is 0 Å². The molecule has 0 aliphatic carbocycles. The molecule has 0 radical (unpaired) electrons. The van der Waals surface area contributed by atoms with Crippen molar-refractivity contribution in [1.82, 2.24) is 0 Å². The molecule has 0 saturated heterocycles. The Labute approximate surface area is 209 Å². The van der Waals surface area contributed by atoms with Crippen molar-refractivity contribution in [2.45, 2.75) is 0 Å². The highest BCUT2D eigenvalue weighted by Gasteiger charge is 2.38. The Balaban J connectivity index is 2.11. The number of halogens is 16. The van der Waals surface area contributed by atoms with E-state index in [1.165, 1.54) is 0 Å². The van der Waals surface area contributed by atoms with Crippen molar-refractivity contribution in [1.29, 1.82) is 0 Å². The lowest BCUT2D eigenvalue weighted by Crippen LogP contribution is -2.12. The summed E-state index contributed by atoms with van der Waals surface area (Å²) in [5.41, 5.74) is -15.0. The summed E-state index contributed by atoms with van der Waals surface area (Å²) in [4.78, 5) is 0. The molecule has 0 spiro atoms. The second kappa shape index (κ2) is 9.75. The molecule has 4 aromatic carbocycles. The summed E-state index contributed by atoms with van der Waals surface area (Å²) in [6.45, 7) is 0. The van der Waals surface area contributed by atoms with E-state index in [0.717, 1.165) is 0 Å². The van der Waals surface area contributed by atoms with Crippen molar-refractivity contribution in [3.05, 3.63) is 105 Å². The highest BCUT2D eigenvalue weighted by Crippen LogP contribution is 2.44. The van der Waals surface area contributed by atoms with Gasteiger partial charge in [0.15, 0.2) is 93.1 Å². The quantitative estimate of drug-likeness (QED) is 0.164. The lowest BCUT2D eigenvalue weighted by atomic mass is 9.93. The molecule has 210 valence electrons. The molecule has 0 amide bonds. The van der Waals surface area contributed by atoms with Crippen molar-refractivity contribution in [2.75, 3.05) is 0 Å². The Kier molecular flexibility index (Phi) is 7.01. The van der Waals surface area contributed by atoms with Crippen LogP contribution in [-0.2, 0) is 0 Å². The van der Waals surface area contributed by atoms with Crippen LogP contribution in [0.2, 0.25) is 0 Å². The molecule has 0 aromatic heterocycles. The summed E-state index contributed by atoms with van der Waals surface area (Å²) in [7, 11) is 0. The predicted molar refractivity (Wildman–Crippen MR) is 102 cm³/mol. The molecule has 0 unspecified atom stereocenters. The van der Waals surface area contributed by atoms with Gasteiger partial charge in [0, 0.05) is 12.1 Å². The van der Waals surface area contributed by atoms with Crippen LogP contribution >= 0.6 is 0 Å². The van der Waals surface area contributed by atoms with Gasteiger partial charge in [0.1, 0.15) is 0 Å². The first-order valence-electron chi connectivity index (χ1n) is 9.93. The van der Waals surface area contributed by atoms with E-state index in [1.807, 2.05) is 0 Å². The first kappa shape index (κ1) is 28.8. The fourth-order valence-electron chi connectivity index (χ4n) is 3.73. The highest BCUT2D eigenvalue weighted by atomic mass is 19.2. The van der Waals surface area contributed by atoms with Crippen LogP contribution in [0.15, 0.2) is 12.1 Å². The molecular formula is C24H2F16.